The van der Waals surface area contributed by atoms with Gasteiger partial charge in [-0.25, -0.2) is 4.98 Å². The Kier molecular flexibility index (Phi) is 3.66. The SMILES string of the molecule is CC1(C)C[C@H](Nc2nc3ccccc3c(=O)[nH]2)c2cc(C#N)ccc2O1. The van der Waals surface area contributed by atoms with Crippen molar-refractivity contribution in [2.45, 2.75) is 31.9 Å². The number of rotatable bonds is 2. The molecule has 6 nitrogen and oxygen atoms in total. The molecule has 3 aromatic rings. The maximum absolute atomic E-state index is 12.3. The highest BCUT2D eigenvalue weighted by Gasteiger charge is 2.34. The summed E-state index contributed by atoms with van der Waals surface area (Å²) in [6.07, 6.45) is 0.672. The van der Waals surface area contributed by atoms with Gasteiger partial charge < -0.3 is 10.1 Å². The number of fused-ring (bicyclic) bond motifs is 2. The molecule has 2 heterocycles. The molecule has 0 radical (unpaired) electrons. The minimum atomic E-state index is -0.379. The standard InChI is InChI=1S/C20H18N4O2/c1-20(2)10-16(14-9-12(11-21)7-8-17(14)26-20)23-19-22-15-6-4-3-5-13(15)18(25)24-19/h3-9,16H,10H2,1-2H3,(H2,22,23,24,25)/t16-/m0/s1. The van der Waals surface area contributed by atoms with Gasteiger partial charge in [-0.05, 0) is 44.2 Å². The molecule has 2 N–H and O–H groups in total. The van der Waals surface area contributed by atoms with E-state index in [1.54, 1.807) is 12.1 Å². The Morgan fingerprint density at radius 1 is 1.31 bits per heavy atom. The molecule has 0 saturated carbocycles. The van der Waals surface area contributed by atoms with Gasteiger partial charge >= 0.3 is 0 Å². The minimum absolute atomic E-state index is 0.133. The lowest BCUT2D eigenvalue weighted by atomic mass is 9.89. The Hall–Kier alpha value is -3.33. The second-order valence-corrected chi connectivity index (χ2v) is 7.06. The number of benzene rings is 2. The zero-order chi connectivity index (χ0) is 18.3. The summed E-state index contributed by atoms with van der Waals surface area (Å²) in [5.74, 6) is 1.14. The summed E-state index contributed by atoms with van der Waals surface area (Å²) in [6, 6.07) is 14.6. The summed E-state index contributed by atoms with van der Waals surface area (Å²) >= 11 is 0. The fourth-order valence-corrected chi connectivity index (χ4v) is 3.37. The highest BCUT2D eigenvalue weighted by Crippen LogP contribution is 2.41. The first-order chi connectivity index (χ1) is 12.4. The number of hydrogen-bond acceptors (Lipinski definition) is 5. The molecule has 0 fully saturated rings. The van der Waals surface area contributed by atoms with Gasteiger partial charge in [0.1, 0.15) is 11.4 Å². The van der Waals surface area contributed by atoms with Gasteiger partial charge in [0.05, 0.1) is 28.6 Å². The Morgan fingerprint density at radius 3 is 2.92 bits per heavy atom. The number of para-hydroxylation sites is 1. The zero-order valence-corrected chi connectivity index (χ0v) is 14.5. The van der Waals surface area contributed by atoms with E-state index in [-0.39, 0.29) is 17.2 Å². The van der Waals surface area contributed by atoms with Gasteiger partial charge in [-0.15, -0.1) is 0 Å². The van der Waals surface area contributed by atoms with E-state index in [0.29, 0.717) is 28.8 Å². The van der Waals surface area contributed by atoms with Crippen LogP contribution >= 0.6 is 0 Å². The second kappa shape index (κ2) is 5.88. The van der Waals surface area contributed by atoms with Crippen molar-refractivity contribution >= 4 is 16.9 Å². The molecule has 0 unspecified atom stereocenters. The van der Waals surface area contributed by atoms with Gasteiger partial charge in [0, 0.05) is 12.0 Å². The van der Waals surface area contributed by atoms with E-state index in [2.05, 4.69) is 21.4 Å². The topological polar surface area (TPSA) is 90.8 Å². The van der Waals surface area contributed by atoms with Gasteiger partial charge in [-0.3, -0.25) is 9.78 Å². The Morgan fingerprint density at radius 2 is 2.12 bits per heavy atom. The van der Waals surface area contributed by atoms with Gasteiger partial charge in [0.25, 0.3) is 5.56 Å². The van der Waals surface area contributed by atoms with Crippen molar-refractivity contribution in [3.63, 3.8) is 0 Å². The summed E-state index contributed by atoms with van der Waals surface area (Å²) in [4.78, 5) is 19.6. The fourth-order valence-electron chi connectivity index (χ4n) is 3.37. The zero-order valence-electron chi connectivity index (χ0n) is 14.5. The minimum Gasteiger partial charge on any atom is -0.487 e. The number of nitrogens with zero attached hydrogens (tertiary/aromatic N) is 2. The molecule has 1 aromatic heterocycles. The molecule has 0 amide bonds. The molecular formula is C20H18N4O2. The monoisotopic (exact) mass is 346 g/mol. The smallest absolute Gasteiger partial charge is 0.260 e. The van der Waals surface area contributed by atoms with Crippen LogP contribution in [-0.2, 0) is 0 Å². The average Bonchev–Trinajstić information content (AvgIpc) is 2.60. The molecule has 0 aliphatic carbocycles. The molecular weight excluding hydrogens is 328 g/mol. The van der Waals surface area contributed by atoms with E-state index in [0.717, 1.165) is 11.3 Å². The van der Waals surface area contributed by atoms with Crippen molar-refractivity contribution in [2.75, 3.05) is 5.32 Å². The van der Waals surface area contributed by atoms with Crippen LogP contribution < -0.4 is 15.6 Å². The van der Waals surface area contributed by atoms with E-state index in [9.17, 15) is 10.1 Å². The van der Waals surface area contributed by atoms with E-state index < -0.39 is 0 Å². The van der Waals surface area contributed by atoms with Gasteiger partial charge in [0.15, 0.2) is 0 Å². The van der Waals surface area contributed by atoms with Crippen LogP contribution in [0.2, 0.25) is 0 Å². The van der Waals surface area contributed by atoms with Crippen LogP contribution in [0.4, 0.5) is 5.95 Å². The van der Waals surface area contributed by atoms with Crippen LogP contribution in [-0.4, -0.2) is 15.6 Å². The summed E-state index contributed by atoms with van der Waals surface area (Å²) in [5, 5.41) is 13.1. The summed E-state index contributed by atoms with van der Waals surface area (Å²) in [6.45, 7) is 4.03. The predicted octanol–water partition coefficient (Wildman–Crippen LogP) is 3.51. The number of ether oxygens (including phenoxy) is 1. The third-order valence-corrected chi connectivity index (χ3v) is 4.52. The van der Waals surface area contributed by atoms with Crippen molar-refractivity contribution in [3.05, 3.63) is 63.9 Å². The molecule has 0 saturated heterocycles. The first-order valence-electron chi connectivity index (χ1n) is 8.44. The molecule has 2 aromatic carbocycles. The Labute approximate surface area is 150 Å². The molecule has 1 atom stereocenters. The quantitative estimate of drug-likeness (QED) is 0.741. The Balaban J connectivity index is 1.77. The normalized spacial score (nSPS) is 17.8. The highest BCUT2D eigenvalue weighted by molar-refractivity contribution is 5.78. The lowest BCUT2D eigenvalue weighted by Gasteiger charge is -2.38. The lowest BCUT2D eigenvalue weighted by molar-refractivity contribution is 0.0758. The molecule has 130 valence electrons. The average molecular weight is 346 g/mol. The molecule has 0 bridgehead atoms. The van der Waals surface area contributed by atoms with Gasteiger partial charge in [-0.2, -0.15) is 5.26 Å². The van der Waals surface area contributed by atoms with Crippen LogP contribution in [0, 0.1) is 11.3 Å². The van der Waals surface area contributed by atoms with Gasteiger partial charge in [0.2, 0.25) is 5.95 Å². The molecule has 4 rings (SSSR count). The van der Waals surface area contributed by atoms with E-state index in [4.69, 9.17) is 4.74 Å². The van der Waals surface area contributed by atoms with E-state index in [1.165, 1.54) is 0 Å². The van der Waals surface area contributed by atoms with Crippen LogP contribution in [0.5, 0.6) is 5.75 Å². The number of nitrogens with one attached hydrogen (secondary N) is 2. The third-order valence-electron chi connectivity index (χ3n) is 4.52. The van der Waals surface area contributed by atoms with Gasteiger partial charge in [-0.1, -0.05) is 12.1 Å². The van der Waals surface area contributed by atoms with Crippen LogP contribution in [0.15, 0.2) is 47.3 Å². The predicted molar refractivity (Wildman–Crippen MR) is 99.2 cm³/mol. The third kappa shape index (κ3) is 2.88. The maximum Gasteiger partial charge on any atom is 0.260 e. The van der Waals surface area contributed by atoms with Crippen molar-refractivity contribution in [3.8, 4) is 11.8 Å². The lowest BCUT2D eigenvalue weighted by Crippen LogP contribution is -2.37. The Bertz CT molecular complexity index is 1090. The summed E-state index contributed by atoms with van der Waals surface area (Å²) in [5.41, 5.74) is 1.53. The fraction of sp³-hybridized carbons (Fsp3) is 0.250. The molecule has 26 heavy (non-hydrogen) atoms. The van der Waals surface area contributed by atoms with Crippen LogP contribution in [0.25, 0.3) is 10.9 Å². The largest absolute Gasteiger partial charge is 0.487 e. The number of H-pyrrole nitrogens is 1. The summed E-state index contributed by atoms with van der Waals surface area (Å²) in [7, 11) is 0. The number of nitriles is 1. The number of aromatic nitrogens is 2. The first kappa shape index (κ1) is 16.2. The van der Waals surface area contributed by atoms with E-state index >= 15 is 0 Å². The van der Waals surface area contributed by atoms with Crippen molar-refractivity contribution < 1.29 is 4.74 Å². The van der Waals surface area contributed by atoms with E-state index in [1.807, 2.05) is 44.2 Å². The molecule has 0 spiro atoms. The second-order valence-electron chi connectivity index (χ2n) is 7.06. The number of aromatic amines is 1. The number of anilines is 1. The van der Waals surface area contributed by atoms with Crippen molar-refractivity contribution in [1.29, 1.82) is 5.26 Å². The maximum atomic E-state index is 12.3. The molecule has 1 aliphatic heterocycles. The van der Waals surface area contributed by atoms with Crippen LogP contribution in [0.1, 0.15) is 37.4 Å². The highest BCUT2D eigenvalue weighted by atomic mass is 16.5. The summed E-state index contributed by atoms with van der Waals surface area (Å²) < 4.78 is 6.04. The van der Waals surface area contributed by atoms with Crippen LogP contribution in [0.3, 0.4) is 0 Å². The van der Waals surface area contributed by atoms with Crippen molar-refractivity contribution in [2.24, 2.45) is 0 Å². The number of hydrogen-bond donors (Lipinski definition) is 2. The first-order valence-corrected chi connectivity index (χ1v) is 8.44. The molecule has 1 aliphatic rings. The van der Waals surface area contributed by atoms with Crippen molar-refractivity contribution in [1.82, 2.24) is 9.97 Å². The molecule has 6 heteroatoms.